The van der Waals surface area contributed by atoms with E-state index in [4.69, 9.17) is 9.84 Å². The zero-order valence-corrected chi connectivity index (χ0v) is 11.6. The van der Waals surface area contributed by atoms with E-state index in [9.17, 15) is 20.1 Å². The summed E-state index contributed by atoms with van der Waals surface area (Å²) in [5.74, 6) is -0.336. The van der Waals surface area contributed by atoms with Crippen LogP contribution in [-0.4, -0.2) is 74.0 Å². The van der Waals surface area contributed by atoms with Gasteiger partial charge < -0.3 is 30.1 Å². The van der Waals surface area contributed by atoms with Gasteiger partial charge >= 0.3 is 0 Å². The van der Waals surface area contributed by atoms with Crippen LogP contribution in [0.4, 0.5) is 0 Å². The number of aliphatic hydroxyl groups is 4. The van der Waals surface area contributed by atoms with E-state index in [1.54, 1.807) is 20.8 Å². The minimum absolute atomic E-state index is 0.336. The van der Waals surface area contributed by atoms with Crippen LogP contribution in [0.15, 0.2) is 0 Å². The van der Waals surface area contributed by atoms with E-state index in [1.807, 2.05) is 0 Å². The van der Waals surface area contributed by atoms with Gasteiger partial charge in [0, 0.05) is 12.5 Å². The van der Waals surface area contributed by atoms with Crippen LogP contribution in [0.3, 0.4) is 0 Å². The monoisotopic (exact) mass is 277 g/mol. The Labute approximate surface area is 112 Å². The van der Waals surface area contributed by atoms with Crippen LogP contribution in [0.1, 0.15) is 27.7 Å². The average Bonchev–Trinajstić information content (AvgIpc) is 2.27. The molecule has 0 radical (unpaired) electrons. The summed E-state index contributed by atoms with van der Waals surface area (Å²) >= 11 is 0. The number of hydrogen-bond donors (Lipinski definition) is 4. The summed E-state index contributed by atoms with van der Waals surface area (Å²) in [7, 11) is 0. The molecule has 0 bridgehead atoms. The van der Waals surface area contributed by atoms with E-state index >= 15 is 0 Å². The van der Waals surface area contributed by atoms with Gasteiger partial charge in [-0.1, -0.05) is 0 Å². The first kappa shape index (κ1) is 16.3. The van der Waals surface area contributed by atoms with E-state index in [2.05, 4.69) is 0 Å². The third-order valence-corrected chi connectivity index (χ3v) is 3.18. The van der Waals surface area contributed by atoms with Gasteiger partial charge in [-0.3, -0.25) is 4.79 Å². The summed E-state index contributed by atoms with van der Waals surface area (Å²) in [6.07, 6.45) is -6.49. The fourth-order valence-corrected chi connectivity index (χ4v) is 2.33. The van der Waals surface area contributed by atoms with Crippen LogP contribution >= 0.6 is 0 Å². The summed E-state index contributed by atoms with van der Waals surface area (Å²) in [5.41, 5.74) is -0.639. The van der Waals surface area contributed by atoms with Crippen molar-refractivity contribution in [3.63, 3.8) is 0 Å². The maximum Gasteiger partial charge on any atom is 0.221 e. The number of amides is 1. The van der Waals surface area contributed by atoms with Crippen molar-refractivity contribution in [2.75, 3.05) is 6.61 Å². The second-order valence-corrected chi connectivity index (χ2v) is 5.78. The molecule has 19 heavy (non-hydrogen) atoms. The molecule has 0 aromatic rings. The Hall–Kier alpha value is -0.730. The molecule has 5 atom stereocenters. The second kappa shape index (κ2) is 5.72. The SMILES string of the molecule is CC(=O)N([C@@H]1OC(CO)[C@H](O)[C@H](O)C1O)C(C)(C)C. The molecule has 0 saturated carbocycles. The summed E-state index contributed by atoms with van der Waals surface area (Å²) in [4.78, 5) is 13.0. The molecule has 0 aromatic carbocycles. The first-order valence-corrected chi connectivity index (χ1v) is 6.21. The van der Waals surface area contributed by atoms with Gasteiger partial charge in [0.1, 0.15) is 24.4 Å². The molecule has 1 amide bonds. The Morgan fingerprint density at radius 2 is 1.68 bits per heavy atom. The summed E-state index contributed by atoms with van der Waals surface area (Å²) in [6, 6.07) is 0. The fourth-order valence-electron chi connectivity index (χ4n) is 2.33. The first-order valence-electron chi connectivity index (χ1n) is 6.21. The van der Waals surface area contributed by atoms with Gasteiger partial charge in [0.25, 0.3) is 0 Å². The van der Waals surface area contributed by atoms with E-state index < -0.39 is 42.8 Å². The summed E-state index contributed by atoms with van der Waals surface area (Å²) in [6.45, 7) is 6.09. The van der Waals surface area contributed by atoms with Gasteiger partial charge in [0.15, 0.2) is 6.23 Å². The van der Waals surface area contributed by atoms with Crippen LogP contribution in [0.2, 0.25) is 0 Å². The minimum atomic E-state index is -1.49. The third kappa shape index (κ3) is 3.24. The van der Waals surface area contributed by atoms with Gasteiger partial charge in [-0.15, -0.1) is 0 Å². The largest absolute Gasteiger partial charge is 0.394 e. The van der Waals surface area contributed by atoms with Gasteiger partial charge in [-0.2, -0.15) is 0 Å². The summed E-state index contributed by atoms with van der Waals surface area (Å²) < 4.78 is 5.38. The minimum Gasteiger partial charge on any atom is -0.394 e. The molecule has 4 N–H and O–H groups in total. The quantitative estimate of drug-likeness (QED) is 0.485. The fraction of sp³-hybridized carbons (Fsp3) is 0.917. The standard InChI is InChI=1S/C12H23NO6/c1-6(15)13(12(2,3)4)11-10(18)9(17)8(16)7(5-14)19-11/h7-11,14,16-18H,5H2,1-4H3/t7?,8-,9-,10?,11+/m0/s1. The Kier molecular flexibility index (Phi) is 4.91. The predicted molar refractivity (Wildman–Crippen MR) is 66.0 cm³/mol. The van der Waals surface area contributed by atoms with Crippen LogP contribution < -0.4 is 0 Å². The molecule has 1 aliphatic rings. The maximum atomic E-state index is 11.7. The highest BCUT2D eigenvalue weighted by Gasteiger charge is 2.48. The van der Waals surface area contributed by atoms with Crippen molar-refractivity contribution in [1.82, 2.24) is 4.90 Å². The lowest BCUT2D eigenvalue weighted by atomic mass is 9.95. The molecule has 1 saturated heterocycles. The van der Waals surface area contributed by atoms with Crippen molar-refractivity contribution < 1.29 is 30.0 Å². The number of hydrogen-bond acceptors (Lipinski definition) is 6. The van der Waals surface area contributed by atoms with Crippen LogP contribution in [0, 0.1) is 0 Å². The molecule has 112 valence electrons. The molecule has 0 aliphatic carbocycles. The molecule has 1 rings (SSSR count). The molecule has 7 heteroatoms. The molecule has 0 spiro atoms. The van der Waals surface area contributed by atoms with Gasteiger partial charge in [-0.05, 0) is 20.8 Å². The number of carbonyl (C=O) groups excluding carboxylic acids is 1. The molecular weight excluding hydrogens is 254 g/mol. The van der Waals surface area contributed by atoms with Crippen molar-refractivity contribution in [3.05, 3.63) is 0 Å². The number of rotatable bonds is 2. The Morgan fingerprint density at radius 3 is 2.05 bits per heavy atom. The molecule has 0 aromatic heterocycles. The van der Waals surface area contributed by atoms with Crippen molar-refractivity contribution in [1.29, 1.82) is 0 Å². The molecule has 1 heterocycles. The average molecular weight is 277 g/mol. The number of ether oxygens (including phenoxy) is 1. The summed E-state index contributed by atoms with van der Waals surface area (Å²) in [5, 5.41) is 38.6. The van der Waals surface area contributed by atoms with Crippen LogP contribution in [-0.2, 0) is 9.53 Å². The number of nitrogens with zero attached hydrogens (tertiary/aromatic N) is 1. The van der Waals surface area contributed by atoms with Crippen molar-refractivity contribution in [2.45, 2.75) is 63.9 Å². The van der Waals surface area contributed by atoms with Crippen molar-refractivity contribution in [3.8, 4) is 0 Å². The molecular formula is C12H23NO6. The van der Waals surface area contributed by atoms with Gasteiger partial charge in [0.05, 0.1) is 6.61 Å². The van der Waals surface area contributed by atoms with E-state index in [1.165, 1.54) is 11.8 Å². The molecule has 1 aliphatic heterocycles. The maximum absolute atomic E-state index is 11.7. The highest BCUT2D eigenvalue weighted by molar-refractivity contribution is 5.74. The predicted octanol–water partition coefficient (Wildman–Crippen LogP) is -1.57. The zero-order chi connectivity index (χ0) is 15.0. The van der Waals surface area contributed by atoms with Gasteiger partial charge in [0.2, 0.25) is 5.91 Å². The van der Waals surface area contributed by atoms with E-state index in [0.717, 1.165) is 0 Å². The highest BCUT2D eigenvalue weighted by atomic mass is 16.6. The topological polar surface area (TPSA) is 110 Å². The number of carbonyl (C=O) groups is 1. The van der Waals surface area contributed by atoms with Crippen LogP contribution in [0.25, 0.3) is 0 Å². The molecule has 1 fully saturated rings. The van der Waals surface area contributed by atoms with Crippen LogP contribution in [0.5, 0.6) is 0 Å². The van der Waals surface area contributed by atoms with Gasteiger partial charge in [-0.25, -0.2) is 0 Å². The first-order chi connectivity index (χ1) is 8.61. The Bertz CT molecular complexity index is 327. The third-order valence-electron chi connectivity index (χ3n) is 3.18. The lowest BCUT2D eigenvalue weighted by Gasteiger charge is -2.48. The lowest BCUT2D eigenvalue weighted by Crippen LogP contribution is -2.66. The lowest BCUT2D eigenvalue weighted by molar-refractivity contribution is -0.270. The Morgan fingerprint density at radius 1 is 1.16 bits per heavy atom. The Balaban J connectivity index is 3.05. The highest BCUT2D eigenvalue weighted by Crippen LogP contribution is 2.28. The normalized spacial score (nSPS) is 36.1. The van der Waals surface area contributed by atoms with Crippen molar-refractivity contribution >= 4 is 5.91 Å². The smallest absolute Gasteiger partial charge is 0.221 e. The second-order valence-electron chi connectivity index (χ2n) is 5.78. The number of aliphatic hydroxyl groups excluding tert-OH is 4. The van der Waals surface area contributed by atoms with E-state index in [0.29, 0.717) is 0 Å². The molecule has 7 nitrogen and oxygen atoms in total. The van der Waals surface area contributed by atoms with Crippen molar-refractivity contribution in [2.24, 2.45) is 0 Å². The zero-order valence-electron chi connectivity index (χ0n) is 11.6. The molecule has 2 unspecified atom stereocenters. The van der Waals surface area contributed by atoms with E-state index in [-0.39, 0.29) is 5.91 Å².